The number of aryl methyl sites for hydroxylation is 1. The first-order chi connectivity index (χ1) is 15.6. The summed E-state index contributed by atoms with van der Waals surface area (Å²) in [5.41, 5.74) is 3.88. The zero-order valence-corrected chi connectivity index (χ0v) is 19.3. The number of methoxy groups -OCH3 is 1. The summed E-state index contributed by atoms with van der Waals surface area (Å²) < 4.78 is 16.6. The van der Waals surface area contributed by atoms with Gasteiger partial charge in [-0.25, -0.2) is 4.98 Å². The van der Waals surface area contributed by atoms with Crippen LogP contribution in [0.15, 0.2) is 47.8 Å². The second-order valence-electron chi connectivity index (χ2n) is 7.76. The molecule has 0 spiro atoms. The minimum Gasteiger partial charge on any atom is -0.494 e. The molecule has 6 nitrogen and oxygen atoms in total. The van der Waals surface area contributed by atoms with Gasteiger partial charge in [0.1, 0.15) is 11.5 Å². The molecule has 0 radical (unpaired) electrons. The van der Waals surface area contributed by atoms with Crippen molar-refractivity contribution in [3.8, 4) is 22.8 Å². The highest BCUT2D eigenvalue weighted by molar-refractivity contribution is 7.09. The van der Waals surface area contributed by atoms with Gasteiger partial charge in [0.2, 0.25) is 0 Å². The normalized spacial score (nSPS) is 13.1. The number of anilines is 1. The zero-order chi connectivity index (χ0) is 22.3. The molecule has 1 aliphatic rings. The van der Waals surface area contributed by atoms with Crippen LogP contribution in [-0.2, 0) is 16.0 Å². The van der Waals surface area contributed by atoms with E-state index in [-0.39, 0.29) is 12.5 Å². The molecule has 4 rings (SSSR count). The average molecular weight is 453 g/mol. The highest BCUT2D eigenvalue weighted by Gasteiger charge is 2.25. The average Bonchev–Trinajstić information content (AvgIpc) is 3.27. The highest BCUT2D eigenvalue weighted by atomic mass is 32.1. The van der Waals surface area contributed by atoms with Gasteiger partial charge in [0.25, 0.3) is 5.91 Å². The Balaban J connectivity index is 1.39. The van der Waals surface area contributed by atoms with E-state index in [2.05, 4.69) is 13.0 Å². The first kappa shape index (κ1) is 22.3. The summed E-state index contributed by atoms with van der Waals surface area (Å²) in [7, 11) is 1.69. The number of hydrogen-bond donors (Lipinski definition) is 0. The van der Waals surface area contributed by atoms with Crippen molar-refractivity contribution in [2.75, 3.05) is 38.4 Å². The molecule has 1 aromatic heterocycles. The van der Waals surface area contributed by atoms with Crippen molar-refractivity contribution in [3.63, 3.8) is 0 Å². The fourth-order valence-corrected chi connectivity index (χ4v) is 4.41. The zero-order valence-electron chi connectivity index (χ0n) is 18.5. The van der Waals surface area contributed by atoms with Crippen LogP contribution in [0, 0.1) is 6.92 Å². The predicted molar refractivity (Wildman–Crippen MR) is 127 cm³/mol. The molecule has 2 heterocycles. The maximum absolute atomic E-state index is 12.6. The van der Waals surface area contributed by atoms with Crippen molar-refractivity contribution >= 4 is 22.9 Å². The van der Waals surface area contributed by atoms with Crippen LogP contribution in [0.4, 0.5) is 5.69 Å². The molecule has 0 fully saturated rings. The van der Waals surface area contributed by atoms with E-state index in [1.165, 1.54) is 5.56 Å². The molecule has 1 aliphatic heterocycles. The van der Waals surface area contributed by atoms with Crippen LogP contribution in [0.5, 0.6) is 11.5 Å². The Hall–Kier alpha value is -2.90. The number of aromatic nitrogens is 1. The lowest BCUT2D eigenvalue weighted by Gasteiger charge is -2.29. The summed E-state index contributed by atoms with van der Waals surface area (Å²) in [6.45, 7) is 4.03. The summed E-state index contributed by atoms with van der Waals surface area (Å²) in [5.74, 6) is 1.60. The Kier molecular flexibility index (Phi) is 7.39. The Bertz CT molecular complexity index is 1070. The third kappa shape index (κ3) is 5.47. The van der Waals surface area contributed by atoms with Crippen molar-refractivity contribution in [2.24, 2.45) is 0 Å². The molecule has 168 valence electrons. The third-order valence-electron chi connectivity index (χ3n) is 5.30. The van der Waals surface area contributed by atoms with Crippen molar-refractivity contribution in [2.45, 2.75) is 26.2 Å². The van der Waals surface area contributed by atoms with Crippen molar-refractivity contribution in [3.05, 3.63) is 58.4 Å². The summed E-state index contributed by atoms with van der Waals surface area (Å²) in [6, 6.07) is 14.0. The predicted octanol–water partition coefficient (Wildman–Crippen LogP) is 4.89. The van der Waals surface area contributed by atoms with E-state index in [1.54, 1.807) is 18.4 Å². The number of fused-ring (bicyclic) bond motifs is 1. The topological polar surface area (TPSA) is 60.9 Å². The fraction of sp³-hybridized carbons (Fsp3) is 0.360. The van der Waals surface area contributed by atoms with E-state index in [9.17, 15) is 4.79 Å². The molecule has 1 amide bonds. The van der Waals surface area contributed by atoms with Gasteiger partial charge in [0.05, 0.1) is 29.6 Å². The van der Waals surface area contributed by atoms with E-state index in [0.29, 0.717) is 19.8 Å². The molecule has 0 saturated heterocycles. The number of amides is 1. The maximum Gasteiger partial charge on any atom is 0.265 e. The quantitative estimate of drug-likeness (QED) is 0.410. The van der Waals surface area contributed by atoms with Crippen LogP contribution >= 0.6 is 11.3 Å². The molecule has 0 bridgehead atoms. The van der Waals surface area contributed by atoms with E-state index >= 15 is 0 Å². The van der Waals surface area contributed by atoms with E-state index in [1.807, 2.05) is 46.7 Å². The lowest BCUT2D eigenvalue weighted by Crippen LogP contribution is -2.39. The Morgan fingerprint density at radius 2 is 2.06 bits per heavy atom. The number of thiazole rings is 1. The SMILES string of the molecule is COCCc1nc(-c2ccc3c(c2)N(CCCCOc2cccc(C)c2)C(=O)CO3)cs1. The number of ether oxygens (including phenoxy) is 3. The van der Waals surface area contributed by atoms with Gasteiger partial charge in [-0.1, -0.05) is 12.1 Å². The summed E-state index contributed by atoms with van der Waals surface area (Å²) in [4.78, 5) is 19.1. The molecular weight excluding hydrogens is 424 g/mol. The molecular formula is C25H28N2O4S. The van der Waals surface area contributed by atoms with Gasteiger partial charge in [-0.3, -0.25) is 4.79 Å². The molecule has 32 heavy (non-hydrogen) atoms. The van der Waals surface area contributed by atoms with Gasteiger partial charge >= 0.3 is 0 Å². The second kappa shape index (κ2) is 10.6. The van der Waals surface area contributed by atoms with Crippen LogP contribution in [0.3, 0.4) is 0 Å². The third-order valence-corrected chi connectivity index (χ3v) is 6.21. The smallest absolute Gasteiger partial charge is 0.265 e. The van der Waals surface area contributed by atoms with Gasteiger partial charge < -0.3 is 19.1 Å². The summed E-state index contributed by atoms with van der Waals surface area (Å²) in [6.07, 6.45) is 2.51. The van der Waals surface area contributed by atoms with Crippen LogP contribution in [0.2, 0.25) is 0 Å². The van der Waals surface area contributed by atoms with Crippen molar-refractivity contribution in [1.29, 1.82) is 0 Å². The number of rotatable bonds is 10. The van der Waals surface area contributed by atoms with E-state index in [4.69, 9.17) is 19.2 Å². The Morgan fingerprint density at radius 3 is 2.91 bits per heavy atom. The van der Waals surface area contributed by atoms with Gasteiger partial charge in [0.15, 0.2) is 6.61 Å². The number of carbonyl (C=O) groups excluding carboxylic acids is 1. The van der Waals surface area contributed by atoms with E-state index in [0.717, 1.165) is 52.7 Å². The second-order valence-corrected chi connectivity index (χ2v) is 8.70. The lowest BCUT2D eigenvalue weighted by molar-refractivity contribution is -0.121. The van der Waals surface area contributed by atoms with Crippen LogP contribution in [-0.4, -0.2) is 44.4 Å². The van der Waals surface area contributed by atoms with Gasteiger partial charge in [0, 0.05) is 31.0 Å². The largest absolute Gasteiger partial charge is 0.494 e. The lowest BCUT2D eigenvalue weighted by atomic mass is 10.1. The first-order valence-corrected chi connectivity index (χ1v) is 11.7. The minimum absolute atomic E-state index is 0.0201. The Morgan fingerprint density at radius 1 is 1.16 bits per heavy atom. The number of carbonyl (C=O) groups is 1. The fourth-order valence-electron chi connectivity index (χ4n) is 3.62. The molecule has 7 heteroatoms. The van der Waals surface area contributed by atoms with Crippen LogP contribution in [0.1, 0.15) is 23.4 Å². The molecule has 0 aliphatic carbocycles. The number of hydrogen-bond acceptors (Lipinski definition) is 6. The number of benzene rings is 2. The van der Waals surface area contributed by atoms with Crippen LogP contribution < -0.4 is 14.4 Å². The van der Waals surface area contributed by atoms with Crippen molar-refractivity contribution < 1.29 is 19.0 Å². The summed E-state index contributed by atoms with van der Waals surface area (Å²) >= 11 is 1.62. The number of unbranched alkanes of at least 4 members (excludes halogenated alkanes) is 1. The van der Waals surface area contributed by atoms with Gasteiger partial charge in [-0.15, -0.1) is 11.3 Å². The molecule has 0 atom stereocenters. The highest BCUT2D eigenvalue weighted by Crippen LogP contribution is 2.36. The van der Waals surface area contributed by atoms with E-state index < -0.39 is 0 Å². The number of nitrogens with zero attached hydrogens (tertiary/aromatic N) is 2. The monoisotopic (exact) mass is 452 g/mol. The first-order valence-electron chi connectivity index (χ1n) is 10.8. The molecule has 0 saturated carbocycles. The Labute approximate surface area is 192 Å². The molecule has 3 aromatic rings. The standard InChI is InChI=1S/C25H28N2O4S/c1-18-6-5-7-20(14-18)30-12-4-3-11-27-22-15-19(8-9-23(22)31-16-25(27)28)21-17-32-24(26-21)10-13-29-2/h5-9,14-15,17H,3-4,10-13,16H2,1-2H3. The minimum atomic E-state index is -0.0201. The van der Waals surface area contributed by atoms with Gasteiger partial charge in [-0.2, -0.15) is 0 Å². The molecule has 0 unspecified atom stereocenters. The maximum atomic E-state index is 12.6. The summed E-state index contributed by atoms with van der Waals surface area (Å²) in [5, 5.41) is 3.09. The van der Waals surface area contributed by atoms with Gasteiger partial charge in [-0.05, 0) is 55.7 Å². The van der Waals surface area contributed by atoms with Crippen molar-refractivity contribution in [1.82, 2.24) is 4.98 Å². The molecule has 2 aromatic carbocycles. The van der Waals surface area contributed by atoms with Crippen LogP contribution in [0.25, 0.3) is 11.3 Å². The molecule has 0 N–H and O–H groups in total.